The van der Waals surface area contributed by atoms with Gasteiger partial charge in [0.05, 0.1) is 16.6 Å². The van der Waals surface area contributed by atoms with Gasteiger partial charge >= 0.3 is 0 Å². The Kier molecular flexibility index (Phi) is 3.34. The fraction of sp³-hybridized carbons (Fsp3) is 0.625. The summed E-state index contributed by atoms with van der Waals surface area (Å²) in [7, 11) is 0. The lowest BCUT2D eigenvalue weighted by molar-refractivity contribution is 0.570. The summed E-state index contributed by atoms with van der Waals surface area (Å²) < 4.78 is 0. The van der Waals surface area contributed by atoms with Gasteiger partial charge in [0, 0.05) is 5.38 Å². The molecule has 62 valence electrons. The lowest BCUT2D eigenvalue weighted by Crippen LogP contribution is -1.95. The van der Waals surface area contributed by atoms with E-state index in [0.717, 1.165) is 12.1 Å². The number of thiazole rings is 1. The molecule has 1 aromatic rings. The van der Waals surface area contributed by atoms with E-state index in [4.69, 9.17) is 11.6 Å². The number of hydrogen-bond acceptors (Lipinski definition) is 2. The first-order valence-corrected chi connectivity index (χ1v) is 5.10. The third kappa shape index (κ3) is 2.80. The normalized spacial score (nSPS) is 13.8. The van der Waals surface area contributed by atoms with E-state index in [1.165, 1.54) is 0 Å². The molecular formula is C8H12ClNS. The lowest BCUT2D eigenvalue weighted by Gasteiger charge is -2.08. The molecule has 11 heavy (non-hydrogen) atoms. The topological polar surface area (TPSA) is 12.9 Å². The Bertz CT molecular complexity index is 196. The minimum Gasteiger partial charge on any atom is -0.248 e. The fourth-order valence-corrected chi connectivity index (χ4v) is 2.07. The molecule has 0 bridgehead atoms. The first-order valence-electron chi connectivity index (χ1n) is 3.72. The molecule has 1 rings (SSSR count). The van der Waals surface area contributed by atoms with Crippen LogP contribution in [0.1, 0.15) is 31.3 Å². The second-order valence-electron chi connectivity index (χ2n) is 3.01. The molecule has 3 heteroatoms. The SMILES string of the molecule is CC(C)CC(Cl)c1cscn1. The zero-order valence-electron chi connectivity index (χ0n) is 6.75. The maximum atomic E-state index is 6.09. The van der Waals surface area contributed by atoms with Crippen molar-refractivity contribution in [1.82, 2.24) is 4.98 Å². The number of halogens is 1. The van der Waals surface area contributed by atoms with Crippen LogP contribution in [0.4, 0.5) is 0 Å². The number of alkyl halides is 1. The highest BCUT2D eigenvalue weighted by Gasteiger charge is 2.10. The largest absolute Gasteiger partial charge is 0.248 e. The van der Waals surface area contributed by atoms with Gasteiger partial charge in [-0.2, -0.15) is 0 Å². The van der Waals surface area contributed by atoms with Gasteiger partial charge in [0.1, 0.15) is 0 Å². The fourth-order valence-electron chi connectivity index (χ4n) is 0.911. The minimum absolute atomic E-state index is 0.0984. The highest BCUT2D eigenvalue weighted by Crippen LogP contribution is 2.26. The summed E-state index contributed by atoms with van der Waals surface area (Å²) in [5.74, 6) is 0.638. The molecule has 1 atom stereocenters. The van der Waals surface area contributed by atoms with Crippen LogP contribution in [0.2, 0.25) is 0 Å². The molecule has 1 nitrogen and oxygen atoms in total. The summed E-state index contributed by atoms with van der Waals surface area (Å²) in [4.78, 5) is 4.16. The zero-order chi connectivity index (χ0) is 8.27. The van der Waals surface area contributed by atoms with Crippen molar-refractivity contribution in [1.29, 1.82) is 0 Å². The predicted octanol–water partition coefficient (Wildman–Crippen LogP) is 3.47. The van der Waals surface area contributed by atoms with Crippen LogP contribution in [0, 0.1) is 5.92 Å². The molecule has 0 aliphatic heterocycles. The Morgan fingerprint density at radius 3 is 2.82 bits per heavy atom. The first kappa shape index (κ1) is 9.01. The average molecular weight is 190 g/mol. The lowest BCUT2D eigenvalue weighted by atomic mass is 10.1. The summed E-state index contributed by atoms with van der Waals surface area (Å²) in [6.07, 6.45) is 1.01. The monoisotopic (exact) mass is 189 g/mol. The highest BCUT2D eigenvalue weighted by atomic mass is 35.5. The Morgan fingerprint density at radius 1 is 1.64 bits per heavy atom. The van der Waals surface area contributed by atoms with E-state index in [0.29, 0.717) is 5.92 Å². The standard InChI is InChI=1S/C8H12ClNS/c1-6(2)3-7(9)8-4-11-5-10-8/h4-7H,3H2,1-2H3. The van der Waals surface area contributed by atoms with E-state index < -0.39 is 0 Å². The molecule has 0 fully saturated rings. The summed E-state index contributed by atoms with van der Waals surface area (Å²) in [6.45, 7) is 4.34. The number of nitrogens with zero attached hydrogens (tertiary/aromatic N) is 1. The Labute approximate surface area is 76.4 Å². The van der Waals surface area contributed by atoms with Crippen LogP contribution < -0.4 is 0 Å². The summed E-state index contributed by atoms with van der Waals surface area (Å²) in [5, 5.41) is 2.11. The van der Waals surface area contributed by atoms with Gasteiger partial charge in [0.15, 0.2) is 0 Å². The Morgan fingerprint density at radius 2 is 2.36 bits per heavy atom. The van der Waals surface area contributed by atoms with Crippen molar-refractivity contribution < 1.29 is 0 Å². The van der Waals surface area contributed by atoms with Crippen LogP contribution >= 0.6 is 22.9 Å². The molecule has 0 amide bonds. The Balaban J connectivity index is 2.49. The summed E-state index contributed by atoms with van der Waals surface area (Å²) in [5.41, 5.74) is 2.84. The van der Waals surface area contributed by atoms with Crippen molar-refractivity contribution in [2.75, 3.05) is 0 Å². The van der Waals surface area contributed by atoms with Crippen molar-refractivity contribution in [2.24, 2.45) is 5.92 Å². The van der Waals surface area contributed by atoms with E-state index in [2.05, 4.69) is 18.8 Å². The third-order valence-electron chi connectivity index (χ3n) is 1.45. The number of hydrogen-bond donors (Lipinski definition) is 0. The zero-order valence-corrected chi connectivity index (χ0v) is 8.32. The van der Waals surface area contributed by atoms with Crippen molar-refractivity contribution in [3.8, 4) is 0 Å². The predicted molar refractivity (Wildman–Crippen MR) is 50.2 cm³/mol. The van der Waals surface area contributed by atoms with E-state index in [1.807, 2.05) is 10.9 Å². The van der Waals surface area contributed by atoms with Crippen molar-refractivity contribution in [3.63, 3.8) is 0 Å². The van der Waals surface area contributed by atoms with Crippen molar-refractivity contribution in [3.05, 3.63) is 16.6 Å². The van der Waals surface area contributed by atoms with E-state index >= 15 is 0 Å². The average Bonchev–Trinajstić information content (AvgIpc) is 2.35. The molecule has 0 saturated heterocycles. The number of rotatable bonds is 3. The quantitative estimate of drug-likeness (QED) is 0.664. The molecule has 0 aliphatic carbocycles. The van der Waals surface area contributed by atoms with Crippen LogP contribution in [-0.2, 0) is 0 Å². The van der Waals surface area contributed by atoms with Crippen molar-refractivity contribution >= 4 is 22.9 Å². The van der Waals surface area contributed by atoms with Crippen LogP contribution in [0.3, 0.4) is 0 Å². The molecule has 0 spiro atoms. The second-order valence-corrected chi connectivity index (χ2v) is 4.26. The third-order valence-corrected chi connectivity index (χ3v) is 2.46. The highest BCUT2D eigenvalue weighted by molar-refractivity contribution is 7.07. The molecule has 1 unspecified atom stereocenters. The molecule has 0 radical (unpaired) electrons. The van der Waals surface area contributed by atoms with Crippen LogP contribution in [0.15, 0.2) is 10.9 Å². The van der Waals surface area contributed by atoms with Gasteiger partial charge < -0.3 is 0 Å². The van der Waals surface area contributed by atoms with Crippen molar-refractivity contribution in [2.45, 2.75) is 25.6 Å². The maximum absolute atomic E-state index is 6.09. The van der Waals surface area contributed by atoms with Crippen LogP contribution in [0.5, 0.6) is 0 Å². The molecule has 1 aromatic heterocycles. The van der Waals surface area contributed by atoms with Gasteiger partial charge in [-0.3, -0.25) is 0 Å². The summed E-state index contributed by atoms with van der Waals surface area (Å²) in [6, 6.07) is 0. The van der Waals surface area contributed by atoms with Gasteiger partial charge in [-0.1, -0.05) is 13.8 Å². The second kappa shape index (κ2) is 4.07. The molecule has 0 N–H and O–H groups in total. The van der Waals surface area contributed by atoms with E-state index in [-0.39, 0.29) is 5.38 Å². The molecule has 0 aliphatic rings. The smallest absolute Gasteiger partial charge is 0.0795 e. The maximum Gasteiger partial charge on any atom is 0.0795 e. The van der Waals surface area contributed by atoms with E-state index in [9.17, 15) is 0 Å². The summed E-state index contributed by atoms with van der Waals surface area (Å²) >= 11 is 7.69. The molecular weight excluding hydrogens is 178 g/mol. The van der Waals surface area contributed by atoms with Gasteiger partial charge in [-0.15, -0.1) is 22.9 Å². The molecule has 0 saturated carbocycles. The number of aromatic nitrogens is 1. The minimum atomic E-state index is 0.0984. The van der Waals surface area contributed by atoms with Crippen LogP contribution in [-0.4, -0.2) is 4.98 Å². The van der Waals surface area contributed by atoms with Gasteiger partial charge in [-0.25, -0.2) is 4.98 Å². The van der Waals surface area contributed by atoms with Gasteiger partial charge in [0.25, 0.3) is 0 Å². The molecule has 1 heterocycles. The Hall–Kier alpha value is -0.0800. The van der Waals surface area contributed by atoms with E-state index in [1.54, 1.807) is 11.3 Å². The van der Waals surface area contributed by atoms with Crippen LogP contribution in [0.25, 0.3) is 0 Å². The van der Waals surface area contributed by atoms with Gasteiger partial charge in [0.2, 0.25) is 0 Å². The van der Waals surface area contributed by atoms with Gasteiger partial charge in [-0.05, 0) is 12.3 Å². The first-order chi connectivity index (χ1) is 5.20. The molecule has 0 aromatic carbocycles.